The first-order valence-corrected chi connectivity index (χ1v) is 6.84. The Labute approximate surface area is 127 Å². The number of benzene rings is 1. The molecule has 114 valence electrons. The number of methoxy groups -OCH3 is 2. The summed E-state index contributed by atoms with van der Waals surface area (Å²) in [7, 11) is 3.25. The largest absolute Gasteiger partial charge is 0.493 e. The van der Waals surface area contributed by atoms with Gasteiger partial charge >= 0.3 is 0 Å². The van der Waals surface area contributed by atoms with Crippen LogP contribution in [0.3, 0.4) is 0 Å². The number of hydrogen-bond donors (Lipinski definition) is 2. The average molecular weight is 299 g/mol. The second kappa shape index (κ2) is 5.88. The van der Waals surface area contributed by atoms with E-state index in [1.807, 2.05) is 25.1 Å². The van der Waals surface area contributed by atoms with Crippen LogP contribution in [0, 0.1) is 6.92 Å². The van der Waals surface area contributed by atoms with Crippen molar-refractivity contribution >= 4 is 17.0 Å². The number of aromatic nitrogens is 4. The van der Waals surface area contributed by atoms with Crippen LogP contribution in [0.25, 0.3) is 11.2 Å². The van der Waals surface area contributed by atoms with Gasteiger partial charge < -0.3 is 19.8 Å². The van der Waals surface area contributed by atoms with Gasteiger partial charge in [0.05, 0.1) is 20.5 Å². The average Bonchev–Trinajstić information content (AvgIpc) is 3.00. The van der Waals surface area contributed by atoms with Crippen molar-refractivity contribution in [3.05, 3.63) is 35.9 Å². The molecule has 0 aliphatic rings. The molecule has 0 amide bonds. The van der Waals surface area contributed by atoms with E-state index in [1.165, 1.54) is 0 Å². The SMILES string of the molecule is COc1cccc(CNc2nc(C)nc3[nH]cnc23)c1OC. The lowest BCUT2D eigenvalue weighted by Crippen LogP contribution is -2.06. The van der Waals surface area contributed by atoms with Gasteiger partial charge in [0.1, 0.15) is 11.3 Å². The van der Waals surface area contributed by atoms with Crippen LogP contribution in [0.15, 0.2) is 24.5 Å². The zero-order valence-corrected chi connectivity index (χ0v) is 12.7. The zero-order chi connectivity index (χ0) is 15.5. The van der Waals surface area contributed by atoms with Gasteiger partial charge in [0, 0.05) is 12.1 Å². The fourth-order valence-electron chi connectivity index (χ4n) is 2.34. The van der Waals surface area contributed by atoms with E-state index in [0.29, 0.717) is 40.8 Å². The zero-order valence-electron chi connectivity index (χ0n) is 12.7. The Morgan fingerprint density at radius 1 is 1.18 bits per heavy atom. The van der Waals surface area contributed by atoms with Gasteiger partial charge in [-0.1, -0.05) is 12.1 Å². The van der Waals surface area contributed by atoms with Crippen LogP contribution in [0.1, 0.15) is 11.4 Å². The van der Waals surface area contributed by atoms with Gasteiger partial charge in [-0.05, 0) is 13.0 Å². The smallest absolute Gasteiger partial charge is 0.165 e. The molecule has 0 saturated heterocycles. The minimum atomic E-state index is 0.540. The van der Waals surface area contributed by atoms with Crippen LogP contribution < -0.4 is 14.8 Å². The van der Waals surface area contributed by atoms with Crippen LogP contribution in [-0.4, -0.2) is 34.2 Å². The van der Waals surface area contributed by atoms with Crippen molar-refractivity contribution in [3.63, 3.8) is 0 Å². The monoisotopic (exact) mass is 299 g/mol. The molecule has 3 rings (SSSR count). The maximum absolute atomic E-state index is 5.43. The molecule has 0 aliphatic heterocycles. The van der Waals surface area contributed by atoms with Gasteiger partial charge in [-0.25, -0.2) is 15.0 Å². The van der Waals surface area contributed by atoms with Gasteiger partial charge in [0.2, 0.25) is 0 Å². The van der Waals surface area contributed by atoms with Crippen LogP contribution in [0.5, 0.6) is 11.5 Å². The predicted octanol–water partition coefficient (Wildman–Crippen LogP) is 2.29. The number of ether oxygens (including phenoxy) is 2. The predicted molar refractivity (Wildman–Crippen MR) is 83.3 cm³/mol. The second-order valence-electron chi connectivity index (χ2n) is 4.73. The first-order valence-electron chi connectivity index (χ1n) is 6.84. The molecule has 22 heavy (non-hydrogen) atoms. The lowest BCUT2D eigenvalue weighted by Gasteiger charge is -2.13. The molecular weight excluding hydrogens is 282 g/mol. The summed E-state index contributed by atoms with van der Waals surface area (Å²) in [5.74, 6) is 2.78. The number of para-hydroxylation sites is 1. The molecule has 0 unspecified atom stereocenters. The molecule has 0 spiro atoms. The molecule has 0 radical (unpaired) electrons. The number of anilines is 1. The fraction of sp³-hybridized carbons (Fsp3) is 0.267. The van der Waals surface area contributed by atoms with E-state index >= 15 is 0 Å². The van der Waals surface area contributed by atoms with Gasteiger partial charge in [-0.2, -0.15) is 0 Å². The van der Waals surface area contributed by atoms with Crippen molar-refractivity contribution in [2.24, 2.45) is 0 Å². The van der Waals surface area contributed by atoms with Crippen LogP contribution in [0.4, 0.5) is 5.82 Å². The highest BCUT2D eigenvalue weighted by Crippen LogP contribution is 2.31. The van der Waals surface area contributed by atoms with Crippen LogP contribution in [-0.2, 0) is 6.54 Å². The Bertz CT molecular complexity index is 800. The maximum atomic E-state index is 5.43. The van der Waals surface area contributed by atoms with Crippen LogP contribution in [0.2, 0.25) is 0 Å². The first kappa shape index (κ1) is 14.1. The van der Waals surface area contributed by atoms with Crippen molar-refractivity contribution < 1.29 is 9.47 Å². The summed E-state index contributed by atoms with van der Waals surface area (Å²) >= 11 is 0. The number of nitrogens with one attached hydrogen (secondary N) is 2. The lowest BCUT2D eigenvalue weighted by molar-refractivity contribution is 0.352. The summed E-state index contributed by atoms with van der Waals surface area (Å²) in [5.41, 5.74) is 2.40. The highest BCUT2D eigenvalue weighted by Gasteiger charge is 2.12. The number of hydrogen-bond acceptors (Lipinski definition) is 6. The number of aryl methyl sites for hydroxylation is 1. The minimum absolute atomic E-state index is 0.540. The van der Waals surface area contributed by atoms with Gasteiger partial charge in [-0.15, -0.1) is 0 Å². The van der Waals surface area contributed by atoms with Crippen molar-refractivity contribution in [3.8, 4) is 11.5 Å². The van der Waals surface area contributed by atoms with E-state index in [9.17, 15) is 0 Å². The Hall–Kier alpha value is -2.83. The Morgan fingerprint density at radius 3 is 2.82 bits per heavy atom. The summed E-state index contributed by atoms with van der Waals surface area (Å²) in [6, 6.07) is 5.76. The minimum Gasteiger partial charge on any atom is -0.493 e. The molecule has 1 aromatic carbocycles. The summed E-state index contributed by atoms with van der Waals surface area (Å²) in [6.07, 6.45) is 1.61. The van der Waals surface area contributed by atoms with E-state index in [-0.39, 0.29) is 0 Å². The fourth-order valence-corrected chi connectivity index (χ4v) is 2.34. The van der Waals surface area contributed by atoms with E-state index in [1.54, 1.807) is 20.5 Å². The summed E-state index contributed by atoms with van der Waals surface area (Å²) in [6.45, 7) is 2.39. The third-order valence-electron chi connectivity index (χ3n) is 3.32. The van der Waals surface area contributed by atoms with Gasteiger partial charge in [0.15, 0.2) is 23.0 Å². The van der Waals surface area contributed by atoms with E-state index < -0.39 is 0 Å². The third-order valence-corrected chi connectivity index (χ3v) is 3.32. The van der Waals surface area contributed by atoms with Crippen LogP contribution >= 0.6 is 0 Å². The Morgan fingerprint density at radius 2 is 2.05 bits per heavy atom. The maximum Gasteiger partial charge on any atom is 0.165 e. The number of rotatable bonds is 5. The number of H-pyrrole nitrogens is 1. The Kier molecular flexibility index (Phi) is 3.78. The highest BCUT2D eigenvalue weighted by molar-refractivity contribution is 5.82. The topological polar surface area (TPSA) is 85.0 Å². The molecule has 2 N–H and O–H groups in total. The summed E-state index contributed by atoms with van der Waals surface area (Å²) in [4.78, 5) is 16.0. The quantitative estimate of drug-likeness (QED) is 0.752. The standard InChI is InChI=1S/C15H17N5O2/c1-9-19-14(12-15(20-9)18-8-17-12)16-7-10-5-4-6-11(21-2)13(10)22-3/h4-6,8H,7H2,1-3H3,(H2,16,17,18,19,20). The van der Waals surface area contributed by atoms with Gasteiger partial charge in [-0.3, -0.25) is 0 Å². The Balaban J connectivity index is 1.90. The molecular formula is C15H17N5O2. The van der Waals surface area contributed by atoms with Crippen molar-refractivity contribution in [1.82, 2.24) is 19.9 Å². The highest BCUT2D eigenvalue weighted by atomic mass is 16.5. The van der Waals surface area contributed by atoms with E-state index in [2.05, 4.69) is 25.3 Å². The van der Waals surface area contributed by atoms with E-state index in [0.717, 1.165) is 5.56 Å². The van der Waals surface area contributed by atoms with Crippen molar-refractivity contribution in [2.75, 3.05) is 19.5 Å². The molecule has 0 saturated carbocycles. The molecule has 3 aromatic rings. The third kappa shape index (κ3) is 2.52. The molecule has 0 aliphatic carbocycles. The van der Waals surface area contributed by atoms with E-state index in [4.69, 9.17) is 9.47 Å². The van der Waals surface area contributed by atoms with Crippen molar-refractivity contribution in [2.45, 2.75) is 13.5 Å². The summed E-state index contributed by atoms with van der Waals surface area (Å²) in [5, 5.41) is 3.29. The molecule has 7 heteroatoms. The molecule has 7 nitrogen and oxygen atoms in total. The van der Waals surface area contributed by atoms with Gasteiger partial charge in [0.25, 0.3) is 0 Å². The molecule has 2 heterocycles. The molecule has 0 fully saturated rings. The normalized spacial score (nSPS) is 10.7. The number of imidazole rings is 1. The number of aromatic amines is 1. The first-order chi connectivity index (χ1) is 10.7. The molecule has 0 atom stereocenters. The summed E-state index contributed by atoms with van der Waals surface area (Å²) < 4.78 is 10.7. The number of fused-ring (bicyclic) bond motifs is 1. The lowest BCUT2D eigenvalue weighted by atomic mass is 10.2. The second-order valence-corrected chi connectivity index (χ2v) is 4.73. The molecule has 0 bridgehead atoms. The number of nitrogens with zero attached hydrogens (tertiary/aromatic N) is 3. The van der Waals surface area contributed by atoms with Crippen molar-refractivity contribution in [1.29, 1.82) is 0 Å². The molecule has 2 aromatic heterocycles.